The van der Waals surface area contributed by atoms with Crippen LogP contribution in [-0.2, 0) is 6.42 Å². The van der Waals surface area contributed by atoms with Gasteiger partial charge in [-0.25, -0.2) is 0 Å². The summed E-state index contributed by atoms with van der Waals surface area (Å²) >= 11 is 0. The molecular formula is C34H43N3. The van der Waals surface area contributed by atoms with Crippen molar-refractivity contribution in [2.45, 2.75) is 44.1 Å². The van der Waals surface area contributed by atoms with E-state index in [0.29, 0.717) is 12.0 Å². The lowest BCUT2D eigenvalue weighted by atomic mass is 9.87. The number of hydrogen-bond acceptors (Lipinski definition) is 3. The summed E-state index contributed by atoms with van der Waals surface area (Å²) in [5.41, 5.74) is 6.59. The van der Waals surface area contributed by atoms with E-state index in [1.54, 1.807) is 0 Å². The fourth-order valence-electron chi connectivity index (χ4n) is 6.06. The standard InChI is InChI=1S/C34H43N3/c1-27(35-33-19-21-36(2)22-20-33)30-15-13-28(14-16-30)25-29-17-23-37(24-18-29)26-34(31-9-5-3-6-10-31)32-11-7-4-8-12-32/h3-16,29,33-35H,1,17-26H2,2H3. The van der Waals surface area contributed by atoms with Crippen molar-refractivity contribution in [1.29, 1.82) is 0 Å². The van der Waals surface area contributed by atoms with E-state index in [9.17, 15) is 0 Å². The Morgan fingerprint density at radius 3 is 1.92 bits per heavy atom. The second kappa shape index (κ2) is 12.6. The molecule has 1 N–H and O–H groups in total. The zero-order valence-electron chi connectivity index (χ0n) is 22.5. The van der Waals surface area contributed by atoms with Crippen molar-refractivity contribution in [3.05, 3.63) is 114 Å². The Morgan fingerprint density at radius 1 is 0.784 bits per heavy atom. The number of rotatable bonds is 9. The third kappa shape index (κ3) is 7.12. The van der Waals surface area contributed by atoms with Gasteiger partial charge in [0.2, 0.25) is 0 Å². The molecule has 3 nitrogen and oxygen atoms in total. The van der Waals surface area contributed by atoms with E-state index in [0.717, 1.165) is 18.2 Å². The van der Waals surface area contributed by atoms with Crippen molar-refractivity contribution in [3.8, 4) is 0 Å². The Labute approximate surface area is 224 Å². The molecular weight excluding hydrogens is 450 g/mol. The first-order valence-electron chi connectivity index (χ1n) is 14.2. The van der Waals surface area contributed by atoms with Gasteiger partial charge in [-0.3, -0.25) is 0 Å². The number of nitrogens with zero attached hydrogens (tertiary/aromatic N) is 2. The van der Waals surface area contributed by atoms with Crippen molar-refractivity contribution in [2.75, 3.05) is 39.8 Å². The van der Waals surface area contributed by atoms with Gasteiger partial charge in [0, 0.05) is 24.2 Å². The van der Waals surface area contributed by atoms with Gasteiger partial charge in [-0.15, -0.1) is 0 Å². The fourth-order valence-corrected chi connectivity index (χ4v) is 6.06. The van der Waals surface area contributed by atoms with Crippen molar-refractivity contribution >= 4 is 5.70 Å². The van der Waals surface area contributed by atoms with Gasteiger partial charge in [0.15, 0.2) is 0 Å². The first-order valence-corrected chi connectivity index (χ1v) is 14.2. The first kappa shape index (κ1) is 25.8. The van der Waals surface area contributed by atoms with Crippen LogP contribution in [0, 0.1) is 5.92 Å². The lowest BCUT2D eigenvalue weighted by molar-refractivity contribution is 0.179. The molecule has 37 heavy (non-hydrogen) atoms. The van der Waals surface area contributed by atoms with Crippen LogP contribution in [0.3, 0.4) is 0 Å². The largest absolute Gasteiger partial charge is 0.382 e. The molecule has 3 aromatic rings. The molecule has 2 aliphatic heterocycles. The van der Waals surface area contributed by atoms with Gasteiger partial charge in [0.05, 0.1) is 0 Å². The normalized spacial score (nSPS) is 18.2. The number of benzene rings is 3. The van der Waals surface area contributed by atoms with Gasteiger partial charge in [-0.2, -0.15) is 0 Å². The summed E-state index contributed by atoms with van der Waals surface area (Å²) < 4.78 is 0. The number of nitrogens with one attached hydrogen (secondary N) is 1. The number of piperidine rings is 2. The van der Waals surface area contributed by atoms with E-state index in [1.165, 1.54) is 80.5 Å². The molecule has 3 aromatic carbocycles. The van der Waals surface area contributed by atoms with Gasteiger partial charge in [0.1, 0.15) is 0 Å². The summed E-state index contributed by atoms with van der Waals surface area (Å²) in [6.07, 6.45) is 6.14. The van der Waals surface area contributed by atoms with E-state index in [-0.39, 0.29) is 0 Å². The highest BCUT2D eigenvalue weighted by Crippen LogP contribution is 2.29. The molecule has 0 unspecified atom stereocenters. The zero-order chi connectivity index (χ0) is 25.5. The summed E-state index contributed by atoms with van der Waals surface area (Å²) in [6.45, 7) is 10.1. The average molecular weight is 494 g/mol. The van der Waals surface area contributed by atoms with E-state index in [4.69, 9.17) is 0 Å². The van der Waals surface area contributed by atoms with E-state index in [1.807, 2.05) is 0 Å². The molecule has 0 aliphatic carbocycles. The minimum absolute atomic E-state index is 0.433. The topological polar surface area (TPSA) is 18.5 Å². The smallest absolute Gasteiger partial charge is 0.0342 e. The van der Waals surface area contributed by atoms with Crippen LogP contribution >= 0.6 is 0 Å². The Kier molecular flexibility index (Phi) is 8.76. The lowest BCUT2D eigenvalue weighted by Gasteiger charge is -2.34. The maximum Gasteiger partial charge on any atom is 0.0342 e. The molecule has 0 radical (unpaired) electrons. The molecule has 2 saturated heterocycles. The molecule has 0 aromatic heterocycles. The van der Waals surface area contributed by atoms with Crippen LogP contribution < -0.4 is 5.32 Å². The Morgan fingerprint density at radius 2 is 1.35 bits per heavy atom. The van der Waals surface area contributed by atoms with Crippen molar-refractivity contribution in [1.82, 2.24) is 15.1 Å². The van der Waals surface area contributed by atoms with Crippen LogP contribution in [0.1, 0.15) is 53.9 Å². The number of hydrogen-bond donors (Lipinski definition) is 1. The summed E-state index contributed by atoms with van der Waals surface area (Å²) in [7, 11) is 2.21. The summed E-state index contributed by atoms with van der Waals surface area (Å²) in [5.74, 6) is 1.21. The third-order valence-corrected chi connectivity index (χ3v) is 8.48. The quantitative estimate of drug-likeness (QED) is 0.371. The SMILES string of the molecule is C=C(NC1CCN(C)CC1)c1ccc(CC2CCN(CC(c3ccccc3)c3ccccc3)CC2)cc1. The van der Waals surface area contributed by atoms with Crippen molar-refractivity contribution in [2.24, 2.45) is 5.92 Å². The Hall–Kier alpha value is -2.88. The highest BCUT2D eigenvalue weighted by Gasteiger charge is 2.24. The van der Waals surface area contributed by atoms with Crippen LogP contribution in [0.4, 0.5) is 0 Å². The maximum absolute atomic E-state index is 4.33. The van der Waals surface area contributed by atoms with Crippen LogP contribution in [0.15, 0.2) is 91.5 Å². The summed E-state index contributed by atoms with van der Waals surface area (Å²) in [5, 5.41) is 3.67. The molecule has 2 heterocycles. The predicted molar refractivity (Wildman–Crippen MR) is 157 cm³/mol. The van der Waals surface area contributed by atoms with Crippen LogP contribution in [-0.4, -0.2) is 55.6 Å². The van der Waals surface area contributed by atoms with E-state index >= 15 is 0 Å². The fraction of sp³-hybridized carbons (Fsp3) is 0.412. The van der Waals surface area contributed by atoms with Crippen LogP contribution in [0.5, 0.6) is 0 Å². The van der Waals surface area contributed by atoms with Gasteiger partial charge in [-0.1, -0.05) is 91.5 Å². The molecule has 0 saturated carbocycles. The highest BCUT2D eigenvalue weighted by atomic mass is 15.1. The van der Waals surface area contributed by atoms with Crippen LogP contribution in [0.2, 0.25) is 0 Å². The third-order valence-electron chi connectivity index (χ3n) is 8.48. The molecule has 2 aliphatic rings. The predicted octanol–water partition coefficient (Wildman–Crippen LogP) is 6.43. The van der Waals surface area contributed by atoms with E-state index in [2.05, 4.69) is 114 Å². The van der Waals surface area contributed by atoms with Gasteiger partial charge in [0.25, 0.3) is 0 Å². The Bertz CT molecular complexity index is 1050. The molecule has 0 bridgehead atoms. The van der Waals surface area contributed by atoms with Gasteiger partial charge >= 0.3 is 0 Å². The van der Waals surface area contributed by atoms with Gasteiger partial charge < -0.3 is 15.1 Å². The lowest BCUT2D eigenvalue weighted by Crippen LogP contribution is -2.39. The minimum atomic E-state index is 0.433. The average Bonchev–Trinajstić information content (AvgIpc) is 2.95. The molecule has 2 fully saturated rings. The summed E-state index contributed by atoms with van der Waals surface area (Å²) in [4.78, 5) is 5.09. The van der Waals surface area contributed by atoms with Gasteiger partial charge in [-0.05, 0) is 93.5 Å². The first-order chi connectivity index (χ1) is 18.1. The molecule has 0 amide bonds. The second-order valence-electron chi connectivity index (χ2n) is 11.2. The maximum atomic E-state index is 4.33. The highest BCUT2D eigenvalue weighted by molar-refractivity contribution is 5.62. The van der Waals surface area contributed by atoms with E-state index < -0.39 is 0 Å². The molecule has 0 atom stereocenters. The Balaban J connectivity index is 1.11. The molecule has 3 heteroatoms. The monoisotopic (exact) mass is 493 g/mol. The second-order valence-corrected chi connectivity index (χ2v) is 11.2. The van der Waals surface area contributed by atoms with Crippen molar-refractivity contribution in [3.63, 3.8) is 0 Å². The molecule has 0 spiro atoms. The van der Waals surface area contributed by atoms with Crippen molar-refractivity contribution < 1.29 is 0 Å². The zero-order valence-corrected chi connectivity index (χ0v) is 22.5. The van der Waals surface area contributed by atoms with Crippen LogP contribution in [0.25, 0.3) is 5.70 Å². The minimum Gasteiger partial charge on any atom is -0.382 e. The number of likely N-dealkylation sites (tertiary alicyclic amines) is 2. The molecule has 5 rings (SSSR count). The molecule has 194 valence electrons. The summed E-state index contributed by atoms with van der Waals surface area (Å²) in [6, 6.07) is 31.8.